The summed E-state index contributed by atoms with van der Waals surface area (Å²) in [6.45, 7) is 43.2. The number of allylic oxidation sites excluding steroid dienone is 3. The Kier molecular flexibility index (Phi) is 41.2. The van der Waals surface area contributed by atoms with E-state index in [0.717, 1.165) is 70.1 Å². The molecule has 86 heavy (non-hydrogen) atoms. The van der Waals surface area contributed by atoms with E-state index in [0.29, 0.717) is 52.5 Å². The Labute approximate surface area is 567 Å². The third-order valence-corrected chi connectivity index (χ3v) is 14.9. The van der Waals surface area contributed by atoms with Gasteiger partial charge in [-0.25, -0.2) is 44.1 Å². The molecule has 2 fully saturated rings. The maximum absolute atomic E-state index is 12.1. The molecule has 5 heterocycles. The summed E-state index contributed by atoms with van der Waals surface area (Å²) < 4.78 is 33.2. The maximum Gasteiger partial charge on any atom is 0.257 e. The molecule has 468 valence electrons. The number of aromatic nitrogens is 1. The van der Waals surface area contributed by atoms with Crippen molar-refractivity contribution in [2.45, 2.75) is 184 Å². The molecule has 0 bridgehead atoms. The van der Waals surface area contributed by atoms with Crippen molar-refractivity contribution in [1.29, 1.82) is 0 Å². The molecule has 3 aromatic rings. The number of rotatable bonds is 13. The first-order chi connectivity index (χ1) is 40.9. The number of hydrogen-bond donors (Lipinski definition) is 4. The van der Waals surface area contributed by atoms with Crippen molar-refractivity contribution in [3.05, 3.63) is 165 Å². The molecule has 5 aliphatic rings. The summed E-state index contributed by atoms with van der Waals surface area (Å²) in [4.78, 5) is 57.8. The topological polar surface area (TPSA) is 258 Å². The Balaban J connectivity index is 0. The molecule has 3 amide bonds. The van der Waals surface area contributed by atoms with E-state index < -0.39 is 6.04 Å². The number of anilines is 1. The number of azide groups is 2. The molecule has 2 radical (unpaired) electrons. The predicted octanol–water partition coefficient (Wildman–Crippen LogP) is 16.0. The van der Waals surface area contributed by atoms with Crippen LogP contribution in [0.4, 0.5) is 11.5 Å². The van der Waals surface area contributed by atoms with Gasteiger partial charge in [0.05, 0.1) is 36.4 Å². The summed E-state index contributed by atoms with van der Waals surface area (Å²) in [6, 6.07) is 12.2. The summed E-state index contributed by atoms with van der Waals surface area (Å²) in [7, 11) is 1.82. The van der Waals surface area contributed by atoms with Crippen LogP contribution in [0, 0.1) is 56.8 Å². The van der Waals surface area contributed by atoms with Gasteiger partial charge in [-0.05, 0) is 123 Å². The van der Waals surface area contributed by atoms with Crippen molar-refractivity contribution in [1.82, 2.24) is 15.6 Å². The standard InChI is InChI=1S/C17H24N2O2.C16H14N4O2.C14H21NO2.C5H10NO.C4H9N3.C4H9.2C3H5.2Y/c1-5-14-9(2)10(3)16(21-14)11-6-7-12-13(11)8-15(18-4)19-17(12)20;1-9-3-5-12-14(7-9)22-15-8-11(19-20-17)4-6-13(15)16(12)18-10(2)21;1-5-12-9(3)10(4)13(17-12)11-7-6-8(2)15-14(11)16;1-3-5(2)6-4-7;1-3-4(2)6-7-5;1-3-4-2;2*1-3-2;;/h6-11,14,16H,5H2,1-4H3,(H2,18,19,20);3-8,16H,1-2H3,(H,18,21);6-7,9-13H,5H2,1-4H3;5H,3H2,1-2H3,(H,6,7);4H,3H2,1-2H3;3H,4H2,1-2H3;2*3H,1-2H2;;/q;;;-1;;3*-1;;/i/hT2. The monoisotopic (exact) mass is 1340 g/mol. The number of benzene rings is 2. The number of ether oxygens (including phenoxy) is 3. The van der Waals surface area contributed by atoms with Gasteiger partial charge in [0, 0.05) is 129 Å². The first-order valence-electron chi connectivity index (χ1n) is 30.0. The first kappa shape index (κ1) is 78.7. The van der Waals surface area contributed by atoms with Crippen molar-refractivity contribution >= 4 is 41.5 Å². The van der Waals surface area contributed by atoms with Crippen LogP contribution < -0.4 is 26.2 Å². The quantitative estimate of drug-likeness (QED) is 0.0420. The number of unbranched alkanes of at least 4 members (excludes halogenated alkanes) is 1. The number of aliphatic imine (C=N–C) groups is 1. The zero-order chi connectivity index (χ0) is 65.4. The minimum Gasteiger partial charge on any atom is -0.528 e. The van der Waals surface area contributed by atoms with Gasteiger partial charge >= 0.3 is 0 Å². The number of nitrogens with zero attached hydrogens (tertiary/aromatic N) is 7. The number of amides is 3. The van der Waals surface area contributed by atoms with Gasteiger partial charge in [-0.2, -0.15) is 19.8 Å². The van der Waals surface area contributed by atoms with Crippen LogP contribution in [0.25, 0.3) is 27.0 Å². The van der Waals surface area contributed by atoms with Crippen LogP contribution in [0.2, 0.25) is 2.82 Å². The molecule has 4 aliphatic heterocycles. The normalized spacial score (nSPS) is 23.4. The first-order valence-corrected chi connectivity index (χ1v) is 29.1. The van der Waals surface area contributed by atoms with Crippen molar-refractivity contribution < 1.29 is 96.8 Å². The molecule has 1 aliphatic carbocycles. The predicted molar refractivity (Wildman–Crippen MR) is 345 cm³/mol. The fourth-order valence-electron chi connectivity index (χ4n) is 9.42. The molecule has 18 nitrogen and oxygen atoms in total. The third kappa shape index (κ3) is 26.2. The second-order valence-corrected chi connectivity index (χ2v) is 21.0. The van der Waals surface area contributed by atoms with E-state index >= 15 is 0 Å². The number of pyridine rings is 1. The number of dihydropyridines is 1. The van der Waals surface area contributed by atoms with Gasteiger partial charge in [-0.3, -0.25) is 14.4 Å². The molecule has 2 aromatic carbocycles. The van der Waals surface area contributed by atoms with Gasteiger partial charge < -0.3 is 46.3 Å². The second kappa shape index (κ2) is 45.0. The Hall–Kier alpha value is -5.28. The van der Waals surface area contributed by atoms with E-state index in [4.69, 9.17) is 28.1 Å². The van der Waals surface area contributed by atoms with E-state index in [1.54, 1.807) is 25.1 Å². The molecule has 0 saturated carbocycles. The van der Waals surface area contributed by atoms with Gasteiger partial charge in [0.25, 0.3) is 11.5 Å². The molecule has 13 atom stereocenters. The number of H-pyrrole nitrogens is 1. The zero-order valence-electron chi connectivity index (χ0n) is 56.0. The Morgan fingerprint density at radius 2 is 1.37 bits per heavy atom. The molecule has 20 heteroatoms. The number of aryl methyl sites for hydroxylation is 1. The molecule has 0 spiro atoms. The van der Waals surface area contributed by atoms with Crippen molar-refractivity contribution in [2.24, 2.45) is 44.8 Å². The summed E-state index contributed by atoms with van der Waals surface area (Å²) in [5.41, 5.74) is 21.9. The number of fused-ring (bicyclic) bond motifs is 3. The van der Waals surface area contributed by atoms with Crippen LogP contribution in [-0.2, 0) is 89.3 Å². The number of aromatic amines is 1. The van der Waals surface area contributed by atoms with Crippen LogP contribution in [0.15, 0.2) is 106 Å². The van der Waals surface area contributed by atoms with Crippen LogP contribution in [0.5, 0.6) is 11.5 Å². The van der Waals surface area contributed by atoms with E-state index in [2.05, 4.69) is 130 Å². The number of nitrogens with one attached hydrogen (secondary N) is 4. The second-order valence-electron chi connectivity index (χ2n) is 21.0. The molecular formula is C66H97N11O7Y2-4. The largest absolute Gasteiger partial charge is 0.528 e. The van der Waals surface area contributed by atoms with Crippen molar-refractivity contribution in [3.63, 3.8) is 0 Å². The molecular weight excluding hydrogens is 1240 g/mol. The third-order valence-electron chi connectivity index (χ3n) is 14.9. The minimum atomic E-state index is -0.563. The van der Waals surface area contributed by atoms with E-state index in [1.165, 1.54) is 31.9 Å². The van der Waals surface area contributed by atoms with Crippen LogP contribution >= 0.6 is 0 Å². The molecule has 4 N–H and O–H groups in total. The summed E-state index contributed by atoms with van der Waals surface area (Å²) in [5.74, 6) is 3.39. The zero-order valence-corrected chi connectivity index (χ0v) is 59.7. The van der Waals surface area contributed by atoms with Gasteiger partial charge in [-0.15, -0.1) is 0 Å². The molecule has 1 aromatic heterocycles. The minimum absolute atomic E-state index is 0. The Bertz CT molecular complexity index is 2890. The van der Waals surface area contributed by atoms with Gasteiger partial charge in [0.1, 0.15) is 18.7 Å². The average molecular weight is 1340 g/mol. The number of carbonyl (C=O) groups excluding carboxylic acids is 3. The van der Waals surface area contributed by atoms with Gasteiger partial charge in [-0.1, -0.05) is 122 Å². The van der Waals surface area contributed by atoms with Crippen LogP contribution in [0.3, 0.4) is 0 Å². The fourth-order valence-corrected chi connectivity index (χ4v) is 9.42. The SMILES string of the molecule is C=C[CH2-].C=C[CH2-].CCC(C)N=[N+]=[N-].CCC1OC(C2C=CC(C)=NC2=O)C(C)C1C.CCC1OC(C2C=Cc3c2cc(NC)[nH]c3=O)C(C)C1C.C[CH-]CC.[3H]N(C(C)=O)C1c2ccc(C)cc2Oc2cc(N=[N+]=[N-])ccc21.[3H]N([C-]=O)C(C)CC.[Y].[Y]. The van der Waals surface area contributed by atoms with E-state index in [-0.39, 0.29) is 125 Å². The van der Waals surface area contributed by atoms with E-state index in [9.17, 15) is 19.2 Å². The summed E-state index contributed by atoms with van der Waals surface area (Å²) in [5, 5.41) is 11.7. The number of hydrogen-bond acceptors (Lipinski definition) is 10. The van der Waals surface area contributed by atoms with Gasteiger partial charge in [0.15, 0.2) is 1.41 Å². The molecule has 13 unspecified atom stereocenters. The van der Waals surface area contributed by atoms with Crippen LogP contribution in [0.1, 0.15) is 169 Å². The average Bonchev–Trinajstić information content (AvgIpc) is 3.95. The van der Waals surface area contributed by atoms with Crippen molar-refractivity contribution in [2.75, 3.05) is 12.4 Å². The Morgan fingerprint density at radius 3 is 1.79 bits per heavy atom. The van der Waals surface area contributed by atoms with E-state index in [1.807, 2.05) is 84.2 Å². The molecule has 8 rings (SSSR count). The fraction of sp³-hybridized carbons (Fsp3) is 0.515. The maximum atomic E-state index is 12.1. The van der Waals surface area contributed by atoms with Crippen molar-refractivity contribution in [3.8, 4) is 11.5 Å². The smallest absolute Gasteiger partial charge is 0.257 e. The van der Waals surface area contributed by atoms with Gasteiger partial charge in [0.2, 0.25) is 5.91 Å². The Morgan fingerprint density at radius 1 is 0.849 bits per heavy atom. The molecule has 2 saturated heterocycles. The summed E-state index contributed by atoms with van der Waals surface area (Å²) >= 11 is 0. The van der Waals surface area contributed by atoms with Crippen LogP contribution in [-0.4, -0.2) is 72.5 Å². The number of carbonyl (C=O) groups is 2. The summed E-state index contributed by atoms with van der Waals surface area (Å²) in [6.07, 6.45) is 20.3.